The molecule has 1 unspecified atom stereocenters. The van der Waals surface area contributed by atoms with Crippen molar-refractivity contribution in [1.29, 1.82) is 0 Å². The van der Waals surface area contributed by atoms with Gasteiger partial charge in [-0.15, -0.1) is 0 Å². The van der Waals surface area contributed by atoms with Crippen LogP contribution in [-0.2, 0) is 9.47 Å². The topological polar surface area (TPSA) is 18.5 Å². The van der Waals surface area contributed by atoms with E-state index in [0.29, 0.717) is 19.3 Å². The number of rotatable bonds is 6. The van der Waals surface area contributed by atoms with Crippen molar-refractivity contribution in [2.75, 3.05) is 13.2 Å². The van der Waals surface area contributed by atoms with E-state index in [2.05, 4.69) is 0 Å². The van der Waals surface area contributed by atoms with Gasteiger partial charge >= 0.3 is 0 Å². The van der Waals surface area contributed by atoms with Crippen LogP contribution in [0.5, 0.6) is 0 Å². The van der Waals surface area contributed by atoms with E-state index in [4.69, 9.17) is 9.47 Å². The molecule has 0 fully saturated rings. The van der Waals surface area contributed by atoms with Crippen molar-refractivity contribution in [2.24, 2.45) is 0 Å². The largest absolute Gasteiger partial charge is 0.376 e. The average Bonchev–Trinajstić information content (AvgIpc) is 1.97. The van der Waals surface area contributed by atoms with Crippen molar-refractivity contribution in [3.05, 3.63) is 6.42 Å². The van der Waals surface area contributed by atoms with Gasteiger partial charge in [-0.05, 0) is 27.2 Å². The van der Waals surface area contributed by atoms with Crippen LogP contribution < -0.4 is 0 Å². The Kier molecular flexibility index (Phi) is 6.57. The Morgan fingerprint density at radius 2 is 1.82 bits per heavy atom. The lowest BCUT2D eigenvalue weighted by Crippen LogP contribution is -2.19. The zero-order valence-electron chi connectivity index (χ0n) is 7.96. The fourth-order valence-electron chi connectivity index (χ4n) is 0.637. The second kappa shape index (κ2) is 6.62. The second-order valence-electron chi connectivity index (χ2n) is 2.93. The van der Waals surface area contributed by atoms with E-state index in [-0.39, 0.29) is 6.10 Å². The molecule has 11 heavy (non-hydrogen) atoms. The predicted molar refractivity (Wildman–Crippen MR) is 46.5 cm³/mol. The van der Waals surface area contributed by atoms with Gasteiger partial charge in [-0.3, -0.25) is 0 Å². The molecule has 1 radical (unpaired) electrons. The van der Waals surface area contributed by atoms with Crippen LogP contribution in [0.25, 0.3) is 0 Å². The molecule has 0 saturated heterocycles. The summed E-state index contributed by atoms with van der Waals surface area (Å²) in [6.07, 6.45) is 2.49. The maximum absolute atomic E-state index is 5.36. The van der Waals surface area contributed by atoms with Gasteiger partial charge in [0, 0.05) is 6.61 Å². The number of ether oxygens (including phenoxy) is 2. The van der Waals surface area contributed by atoms with Crippen LogP contribution in [0.4, 0.5) is 0 Å². The lowest BCUT2D eigenvalue weighted by molar-refractivity contribution is -0.0200. The molecule has 0 saturated carbocycles. The van der Waals surface area contributed by atoms with E-state index in [1.165, 1.54) is 0 Å². The van der Waals surface area contributed by atoms with E-state index in [1.807, 2.05) is 34.1 Å². The normalized spacial score (nSPS) is 13.9. The summed E-state index contributed by atoms with van der Waals surface area (Å²) in [4.78, 5) is 0. The summed E-state index contributed by atoms with van der Waals surface area (Å²) >= 11 is 0. The van der Waals surface area contributed by atoms with Crippen LogP contribution in [0, 0.1) is 6.42 Å². The molecule has 0 aliphatic rings. The summed E-state index contributed by atoms with van der Waals surface area (Å²) in [6.45, 7) is 9.45. The zero-order valence-corrected chi connectivity index (χ0v) is 7.96. The van der Waals surface area contributed by atoms with E-state index in [9.17, 15) is 0 Å². The Balaban J connectivity index is 3.15. The van der Waals surface area contributed by atoms with Gasteiger partial charge in [-0.25, -0.2) is 0 Å². The molecule has 0 bridgehead atoms. The molecular weight excluding hydrogens is 140 g/mol. The van der Waals surface area contributed by atoms with Gasteiger partial charge in [0.05, 0.1) is 18.8 Å². The van der Waals surface area contributed by atoms with Crippen molar-refractivity contribution in [3.63, 3.8) is 0 Å². The van der Waals surface area contributed by atoms with E-state index >= 15 is 0 Å². The summed E-state index contributed by atoms with van der Waals surface area (Å²) in [6, 6.07) is 0. The first-order valence-corrected chi connectivity index (χ1v) is 4.17. The monoisotopic (exact) mass is 159 g/mol. The fourth-order valence-corrected chi connectivity index (χ4v) is 0.637. The van der Waals surface area contributed by atoms with Crippen molar-refractivity contribution >= 4 is 0 Å². The zero-order chi connectivity index (χ0) is 8.69. The molecule has 2 heteroatoms. The summed E-state index contributed by atoms with van der Waals surface area (Å²) in [5.41, 5.74) is 0. The Morgan fingerprint density at radius 3 is 2.27 bits per heavy atom. The quantitative estimate of drug-likeness (QED) is 0.590. The third kappa shape index (κ3) is 7.82. The lowest BCUT2D eigenvalue weighted by Gasteiger charge is -2.14. The van der Waals surface area contributed by atoms with E-state index in [0.717, 1.165) is 0 Å². The van der Waals surface area contributed by atoms with Gasteiger partial charge in [0.2, 0.25) is 0 Å². The SMILES string of the molecule is C[CH]COC(C)COC(C)C. The summed E-state index contributed by atoms with van der Waals surface area (Å²) in [7, 11) is 0. The highest BCUT2D eigenvalue weighted by Crippen LogP contribution is 1.95. The molecular formula is C9H19O2. The second-order valence-corrected chi connectivity index (χ2v) is 2.93. The highest BCUT2D eigenvalue weighted by Gasteiger charge is 2.02. The van der Waals surface area contributed by atoms with Crippen LogP contribution >= 0.6 is 0 Å². The minimum absolute atomic E-state index is 0.202. The molecule has 0 rings (SSSR count). The molecule has 0 N–H and O–H groups in total. The van der Waals surface area contributed by atoms with Gasteiger partial charge in [0.25, 0.3) is 0 Å². The first kappa shape index (κ1) is 10.9. The molecule has 0 amide bonds. The highest BCUT2D eigenvalue weighted by molar-refractivity contribution is 4.55. The number of hydrogen-bond donors (Lipinski definition) is 0. The van der Waals surface area contributed by atoms with E-state index in [1.54, 1.807) is 0 Å². The van der Waals surface area contributed by atoms with Crippen LogP contribution in [0.3, 0.4) is 0 Å². The molecule has 0 aromatic rings. The Morgan fingerprint density at radius 1 is 1.18 bits per heavy atom. The molecule has 67 valence electrons. The van der Waals surface area contributed by atoms with Gasteiger partial charge < -0.3 is 9.47 Å². The first-order chi connectivity index (χ1) is 5.16. The van der Waals surface area contributed by atoms with E-state index < -0.39 is 0 Å². The summed E-state index contributed by atoms with van der Waals surface area (Å²) in [5.74, 6) is 0. The molecule has 0 aromatic heterocycles. The first-order valence-electron chi connectivity index (χ1n) is 4.17. The van der Waals surface area contributed by atoms with Crippen LogP contribution in [0.15, 0.2) is 0 Å². The molecule has 0 heterocycles. The smallest absolute Gasteiger partial charge is 0.0780 e. The van der Waals surface area contributed by atoms with Crippen molar-refractivity contribution in [3.8, 4) is 0 Å². The Hall–Kier alpha value is -0.0800. The van der Waals surface area contributed by atoms with Crippen LogP contribution in [0.1, 0.15) is 27.7 Å². The molecule has 0 spiro atoms. The van der Waals surface area contributed by atoms with Gasteiger partial charge in [-0.2, -0.15) is 0 Å². The minimum Gasteiger partial charge on any atom is -0.376 e. The summed E-state index contributed by atoms with van der Waals surface area (Å²) in [5, 5.41) is 0. The fraction of sp³-hybridized carbons (Fsp3) is 0.889. The molecule has 0 aromatic carbocycles. The summed E-state index contributed by atoms with van der Waals surface area (Å²) < 4.78 is 10.7. The third-order valence-corrected chi connectivity index (χ3v) is 1.21. The Bertz CT molecular complexity index is 81.6. The lowest BCUT2D eigenvalue weighted by atomic mass is 10.4. The average molecular weight is 159 g/mol. The van der Waals surface area contributed by atoms with Crippen LogP contribution in [0.2, 0.25) is 0 Å². The van der Waals surface area contributed by atoms with Gasteiger partial charge in [0.15, 0.2) is 0 Å². The highest BCUT2D eigenvalue weighted by atomic mass is 16.5. The van der Waals surface area contributed by atoms with Crippen LogP contribution in [-0.4, -0.2) is 25.4 Å². The van der Waals surface area contributed by atoms with Crippen molar-refractivity contribution in [2.45, 2.75) is 39.9 Å². The molecule has 2 nitrogen and oxygen atoms in total. The molecule has 1 atom stereocenters. The maximum Gasteiger partial charge on any atom is 0.0780 e. The van der Waals surface area contributed by atoms with Crippen molar-refractivity contribution < 1.29 is 9.47 Å². The van der Waals surface area contributed by atoms with Crippen molar-refractivity contribution in [1.82, 2.24) is 0 Å². The minimum atomic E-state index is 0.202. The molecule has 0 aliphatic carbocycles. The number of hydrogen-bond acceptors (Lipinski definition) is 2. The third-order valence-electron chi connectivity index (χ3n) is 1.21. The Labute approximate surface area is 69.9 Å². The standard InChI is InChI=1S/C9H19O2/c1-5-6-10-9(4)7-11-8(2)3/h5,8-9H,6-7H2,1-4H3. The van der Waals surface area contributed by atoms with Gasteiger partial charge in [0.1, 0.15) is 0 Å². The maximum atomic E-state index is 5.36. The van der Waals surface area contributed by atoms with Gasteiger partial charge in [-0.1, -0.05) is 6.92 Å². The molecule has 0 aliphatic heterocycles. The predicted octanol–water partition coefficient (Wildman–Crippen LogP) is 2.04.